The van der Waals surface area contributed by atoms with Gasteiger partial charge in [-0.3, -0.25) is 4.90 Å². The lowest BCUT2D eigenvalue weighted by atomic mass is 10.1. The fourth-order valence-corrected chi connectivity index (χ4v) is 4.05. The molecule has 6 heteroatoms. The van der Waals surface area contributed by atoms with Gasteiger partial charge in [0.1, 0.15) is 15.5 Å². The van der Waals surface area contributed by atoms with E-state index in [-0.39, 0.29) is 24.1 Å². The summed E-state index contributed by atoms with van der Waals surface area (Å²) in [6, 6.07) is 0.229. The Kier molecular flexibility index (Phi) is 3.25. The van der Waals surface area contributed by atoms with Crippen molar-refractivity contribution in [3.05, 3.63) is 0 Å². The fraction of sp³-hybridized carbons (Fsp3) is 1.00. The third-order valence-corrected chi connectivity index (χ3v) is 5.46. The second-order valence-corrected chi connectivity index (χ2v) is 7.26. The molecule has 2 N–H and O–H groups in total. The molecule has 0 radical (unpaired) electrons. The van der Waals surface area contributed by atoms with Crippen LogP contribution in [0.25, 0.3) is 0 Å². The van der Waals surface area contributed by atoms with Gasteiger partial charge in [0.25, 0.3) is 0 Å². The van der Waals surface area contributed by atoms with E-state index in [1.54, 1.807) is 0 Å². The van der Waals surface area contributed by atoms with Gasteiger partial charge in [-0.15, -0.1) is 0 Å². The summed E-state index contributed by atoms with van der Waals surface area (Å²) < 4.78 is 36.5. The zero-order valence-electron chi connectivity index (χ0n) is 9.36. The molecule has 0 bridgehead atoms. The number of nitrogens with zero attached hydrogens (tertiary/aromatic N) is 1. The monoisotopic (exact) mass is 250 g/mol. The number of halogens is 1. The van der Waals surface area contributed by atoms with Gasteiger partial charge in [-0.05, 0) is 19.3 Å². The molecule has 1 unspecified atom stereocenters. The van der Waals surface area contributed by atoms with E-state index >= 15 is 0 Å². The fourth-order valence-electron chi connectivity index (χ4n) is 2.59. The highest BCUT2D eigenvalue weighted by Gasteiger charge is 2.40. The average molecular weight is 250 g/mol. The Bertz CT molecular complexity index is 346. The van der Waals surface area contributed by atoms with Gasteiger partial charge in [-0.1, -0.05) is 0 Å². The predicted molar refractivity (Wildman–Crippen MR) is 60.8 cm³/mol. The number of likely N-dealkylation sites (tertiary alicyclic amines) is 1. The molecule has 4 nitrogen and oxygen atoms in total. The maximum Gasteiger partial charge on any atom is 0.150 e. The SMILES string of the molecule is NCC1(F)CCN(C2CCS(=O)(=O)CC2)C1. The maximum absolute atomic E-state index is 13.9. The summed E-state index contributed by atoms with van der Waals surface area (Å²) in [4.78, 5) is 2.07. The van der Waals surface area contributed by atoms with Crippen molar-refractivity contribution in [3.8, 4) is 0 Å². The molecule has 2 aliphatic rings. The summed E-state index contributed by atoms with van der Waals surface area (Å²) in [5.74, 6) is 0.492. The first-order valence-electron chi connectivity index (χ1n) is 5.78. The minimum atomic E-state index is -2.82. The van der Waals surface area contributed by atoms with E-state index in [0.717, 1.165) is 0 Å². The maximum atomic E-state index is 13.9. The van der Waals surface area contributed by atoms with Gasteiger partial charge in [-0.25, -0.2) is 12.8 Å². The van der Waals surface area contributed by atoms with Crippen molar-refractivity contribution in [3.63, 3.8) is 0 Å². The molecule has 2 aliphatic heterocycles. The summed E-state index contributed by atoms with van der Waals surface area (Å²) in [5.41, 5.74) is 4.15. The van der Waals surface area contributed by atoms with Crippen LogP contribution in [0.15, 0.2) is 0 Å². The highest BCUT2D eigenvalue weighted by molar-refractivity contribution is 7.91. The molecular formula is C10H19FN2O2S. The average Bonchev–Trinajstić information content (AvgIpc) is 2.62. The van der Waals surface area contributed by atoms with Gasteiger partial charge in [0, 0.05) is 25.7 Å². The van der Waals surface area contributed by atoms with Crippen LogP contribution >= 0.6 is 0 Å². The van der Waals surface area contributed by atoms with Crippen LogP contribution in [0.5, 0.6) is 0 Å². The topological polar surface area (TPSA) is 63.4 Å². The van der Waals surface area contributed by atoms with E-state index in [2.05, 4.69) is 4.90 Å². The molecular weight excluding hydrogens is 231 g/mol. The molecule has 2 saturated heterocycles. The molecule has 0 saturated carbocycles. The van der Waals surface area contributed by atoms with Crippen molar-refractivity contribution in [1.29, 1.82) is 0 Å². The van der Waals surface area contributed by atoms with Crippen LogP contribution in [0.2, 0.25) is 0 Å². The highest BCUT2D eigenvalue weighted by atomic mass is 32.2. The Morgan fingerprint density at radius 1 is 1.38 bits per heavy atom. The van der Waals surface area contributed by atoms with Gasteiger partial charge in [-0.2, -0.15) is 0 Å². The number of hydrogen-bond donors (Lipinski definition) is 1. The van der Waals surface area contributed by atoms with Crippen molar-refractivity contribution in [1.82, 2.24) is 4.90 Å². The molecule has 94 valence electrons. The molecule has 16 heavy (non-hydrogen) atoms. The molecule has 0 amide bonds. The molecule has 2 heterocycles. The van der Waals surface area contributed by atoms with Gasteiger partial charge >= 0.3 is 0 Å². The van der Waals surface area contributed by atoms with E-state index in [4.69, 9.17) is 5.73 Å². The van der Waals surface area contributed by atoms with E-state index in [1.807, 2.05) is 0 Å². The summed E-state index contributed by atoms with van der Waals surface area (Å²) >= 11 is 0. The second kappa shape index (κ2) is 4.23. The van der Waals surface area contributed by atoms with Gasteiger partial charge in [0.2, 0.25) is 0 Å². The number of rotatable bonds is 2. The Morgan fingerprint density at radius 2 is 2.00 bits per heavy atom. The first-order chi connectivity index (χ1) is 7.44. The van der Waals surface area contributed by atoms with Crippen molar-refractivity contribution in [2.45, 2.75) is 31.0 Å². The Morgan fingerprint density at radius 3 is 2.50 bits per heavy atom. The first-order valence-corrected chi connectivity index (χ1v) is 7.60. The quantitative estimate of drug-likeness (QED) is 0.745. The van der Waals surface area contributed by atoms with Crippen molar-refractivity contribution in [2.75, 3.05) is 31.1 Å². The van der Waals surface area contributed by atoms with E-state index in [9.17, 15) is 12.8 Å². The van der Waals surface area contributed by atoms with Gasteiger partial charge in [0.15, 0.2) is 0 Å². The van der Waals surface area contributed by atoms with Crippen LogP contribution in [0.1, 0.15) is 19.3 Å². The Balaban J connectivity index is 1.92. The molecule has 0 spiro atoms. The smallest absolute Gasteiger partial charge is 0.150 e. The number of alkyl halides is 1. The Hall–Kier alpha value is -0.200. The van der Waals surface area contributed by atoms with Crippen LogP contribution in [0.3, 0.4) is 0 Å². The molecule has 0 aromatic rings. The lowest BCUT2D eigenvalue weighted by molar-refractivity contribution is 0.149. The highest BCUT2D eigenvalue weighted by Crippen LogP contribution is 2.29. The zero-order valence-corrected chi connectivity index (χ0v) is 10.2. The molecule has 2 fully saturated rings. The van der Waals surface area contributed by atoms with Gasteiger partial charge in [0.05, 0.1) is 11.5 Å². The third kappa shape index (κ3) is 2.55. The van der Waals surface area contributed by atoms with Crippen LogP contribution in [-0.2, 0) is 9.84 Å². The normalized spacial score (nSPS) is 36.6. The summed E-state index contributed by atoms with van der Waals surface area (Å²) in [7, 11) is -2.82. The third-order valence-electron chi connectivity index (χ3n) is 3.74. The van der Waals surface area contributed by atoms with E-state index in [0.29, 0.717) is 32.4 Å². The van der Waals surface area contributed by atoms with Crippen molar-refractivity contribution < 1.29 is 12.8 Å². The summed E-state index contributed by atoms with van der Waals surface area (Å²) in [6.07, 6.45) is 1.76. The summed E-state index contributed by atoms with van der Waals surface area (Å²) in [6.45, 7) is 1.14. The molecule has 1 atom stereocenters. The minimum Gasteiger partial charge on any atom is -0.327 e. The zero-order chi connectivity index (χ0) is 11.8. The lowest BCUT2D eigenvalue weighted by Gasteiger charge is -2.31. The number of hydrogen-bond acceptors (Lipinski definition) is 4. The molecule has 0 aromatic heterocycles. The summed E-state index contributed by atoms with van der Waals surface area (Å²) in [5, 5.41) is 0. The van der Waals surface area contributed by atoms with E-state index < -0.39 is 15.5 Å². The second-order valence-electron chi connectivity index (χ2n) is 4.96. The largest absolute Gasteiger partial charge is 0.327 e. The van der Waals surface area contributed by atoms with Crippen molar-refractivity contribution in [2.24, 2.45) is 5.73 Å². The van der Waals surface area contributed by atoms with Crippen LogP contribution in [-0.4, -0.2) is 56.2 Å². The van der Waals surface area contributed by atoms with Crippen LogP contribution < -0.4 is 5.73 Å². The van der Waals surface area contributed by atoms with Crippen LogP contribution in [0.4, 0.5) is 4.39 Å². The minimum absolute atomic E-state index is 0.0640. The predicted octanol–water partition coefficient (Wildman–Crippen LogP) is -0.0637. The lowest BCUT2D eigenvalue weighted by Crippen LogP contribution is -2.43. The van der Waals surface area contributed by atoms with Crippen molar-refractivity contribution >= 4 is 9.84 Å². The first kappa shape index (κ1) is 12.3. The molecule has 2 rings (SSSR count). The molecule has 0 aliphatic carbocycles. The number of nitrogens with two attached hydrogens (primary N) is 1. The van der Waals surface area contributed by atoms with Crippen LogP contribution in [0, 0.1) is 0 Å². The van der Waals surface area contributed by atoms with E-state index in [1.165, 1.54) is 0 Å². The number of sulfone groups is 1. The Labute approximate surface area is 95.9 Å². The van der Waals surface area contributed by atoms with Gasteiger partial charge < -0.3 is 5.73 Å². The molecule has 0 aromatic carbocycles. The standard InChI is InChI=1S/C10H19FN2O2S/c11-10(7-12)3-4-13(8-10)9-1-5-16(14,15)6-2-9/h9H,1-8,12H2.